The van der Waals surface area contributed by atoms with Crippen molar-refractivity contribution in [2.24, 2.45) is 9.98 Å². The maximum absolute atomic E-state index is 13.0. The molecule has 33 heavy (non-hydrogen) atoms. The van der Waals surface area contributed by atoms with Gasteiger partial charge in [0, 0.05) is 32.2 Å². The number of alkyl halides is 3. The van der Waals surface area contributed by atoms with Crippen molar-refractivity contribution in [3.05, 3.63) is 59.3 Å². The van der Waals surface area contributed by atoms with Crippen LogP contribution < -0.4 is 10.6 Å². The van der Waals surface area contributed by atoms with E-state index >= 15 is 0 Å². The van der Waals surface area contributed by atoms with Crippen LogP contribution in [-0.2, 0) is 6.18 Å². The minimum absolute atomic E-state index is 0.414. The first-order chi connectivity index (χ1) is 15.9. The van der Waals surface area contributed by atoms with Crippen molar-refractivity contribution in [3.63, 3.8) is 0 Å². The van der Waals surface area contributed by atoms with Crippen molar-refractivity contribution in [2.75, 3.05) is 31.5 Å². The number of hydrogen-bond donors (Lipinski definition) is 3. The number of allylic oxidation sites excluding steroid dienone is 2. The summed E-state index contributed by atoms with van der Waals surface area (Å²) < 4.78 is 40.9. The molecule has 0 unspecified atom stereocenters. The summed E-state index contributed by atoms with van der Waals surface area (Å²) in [6, 6.07) is 7.11. The highest BCUT2D eigenvalue weighted by atomic mass is 127. The van der Waals surface area contributed by atoms with Gasteiger partial charge in [0.05, 0.1) is 11.3 Å². The Morgan fingerprint density at radius 2 is 1.91 bits per heavy atom. The zero-order valence-electron chi connectivity index (χ0n) is 17.8. The molecule has 1 aromatic carbocycles. The van der Waals surface area contributed by atoms with Crippen LogP contribution in [0.3, 0.4) is 0 Å². The van der Waals surface area contributed by atoms with E-state index < -0.39 is 32.5 Å². The number of benzene rings is 1. The van der Waals surface area contributed by atoms with Crippen LogP contribution in [0.4, 0.5) is 19.0 Å². The lowest BCUT2D eigenvalue weighted by atomic mass is 10.1. The molecule has 3 N–H and O–H groups in total. The van der Waals surface area contributed by atoms with E-state index in [-0.39, 0.29) is 0 Å². The number of aliphatic imine (C=N–C) groups is 2. The van der Waals surface area contributed by atoms with Gasteiger partial charge in [-0.05, 0) is 57.5 Å². The first kappa shape index (κ1) is 23.5. The Morgan fingerprint density at radius 3 is 2.67 bits per heavy atom. The normalized spacial score (nSPS) is 18.1. The molecule has 0 spiro atoms. The highest BCUT2D eigenvalue weighted by Gasteiger charge is 2.30. The van der Waals surface area contributed by atoms with Crippen molar-refractivity contribution in [2.45, 2.75) is 13.1 Å². The van der Waals surface area contributed by atoms with E-state index in [1.54, 1.807) is 18.2 Å². The van der Waals surface area contributed by atoms with Gasteiger partial charge >= 0.3 is 6.18 Å². The standard InChI is InChI=1S/C22H23F3IN7/c1-2-4-17-14-19(32-31-17)29-21-28-18(26-20(30-21)33-11-9-27-10-12-33)8-7-15-5-3-6-16(13-15)22(23,24)25/h2-8,13-14,27H,9-12H2,1H3,(H2,28,29,30,31,32)/b4-2+,8-7+. The van der Waals surface area contributed by atoms with Gasteiger partial charge in [-0.1, -0.05) is 24.3 Å². The average Bonchev–Trinajstić information content (AvgIpc) is 3.25. The Bertz CT molecular complexity index is 1140. The lowest BCUT2D eigenvalue weighted by Crippen LogP contribution is -2.46. The van der Waals surface area contributed by atoms with E-state index in [0.29, 0.717) is 17.3 Å². The van der Waals surface area contributed by atoms with Gasteiger partial charge in [-0.15, -0.1) is 0 Å². The fourth-order valence-corrected chi connectivity index (χ4v) is 5.59. The molecule has 2 aliphatic heterocycles. The molecule has 174 valence electrons. The van der Waals surface area contributed by atoms with Crippen LogP contribution in [0.1, 0.15) is 23.7 Å². The highest BCUT2D eigenvalue weighted by Crippen LogP contribution is 2.30. The number of aromatic nitrogens is 2. The second-order valence-corrected chi connectivity index (χ2v) is 9.87. The fraction of sp³-hybridized carbons (Fsp3) is 0.273. The van der Waals surface area contributed by atoms with Gasteiger partial charge in [0.1, 0.15) is 7.48 Å². The zero-order valence-corrected chi connectivity index (χ0v) is 20.0. The molecule has 4 rings (SSSR count). The molecule has 0 bridgehead atoms. The maximum Gasteiger partial charge on any atom is 0.416 e. The van der Waals surface area contributed by atoms with Crippen LogP contribution in [0, 0.1) is 0 Å². The summed E-state index contributed by atoms with van der Waals surface area (Å²) in [5, 5.41) is 13.6. The molecule has 0 aliphatic carbocycles. The first-order valence-electron chi connectivity index (χ1n) is 10.4. The number of hydrogen-bond acceptors (Lipinski definition) is 6. The van der Waals surface area contributed by atoms with Gasteiger partial charge in [-0.2, -0.15) is 23.3 Å². The van der Waals surface area contributed by atoms with Crippen LogP contribution in [-0.4, -0.2) is 54.7 Å². The molecule has 7 nitrogen and oxygen atoms in total. The Hall–Kier alpha value is -2.64. The van der Waals surface area contributed by atoms with Crippen LogP contribution in [0.25, 0.3) is 12.2 Å². The number of piperazine rings is 1. The molecule has 11 heteroatoms. The molecule has 3 heterocycles. The smallest absolute Gasteiger partial charge is 0.314 e. The number of anilines is 1. The van der Waals surface area contributed by atoms with E-state index in [1.165, 1.54) is 6.07 Å². The molecule has 0 radical (unpaired) electrons. The Labute approximate surface area is 199 Å². The number of aromatic amines is 1. The van der Waals surface area contributed by atoms with Crippen molar-refractivity contribution in [1.82, 2.24) is 20.4 Å². The third kappa shape index (κ3) is 6.45. The topological polar surface area (TPSA) is 80.7 Å². The molecule has 0 saturated carbocycles. The van der Waals surface area contributed by atoms with Gasteiger partial charge < -0.3 is 10.6 Å². The van der Waals surface area contributed by atoms with Gasteiger partial charge in [0.25, 0.3) is 0 Å². The minimum atomic E-state index is -4.37. The monoisotopic (exact) mass is 569 g/mol. The molecular formula is C22H23F3IN7. The number of rotatable bonds is 5. The largest absolute Gasteiger partial charge is 0.416 e. The van der Waals surface area contributed by atoms with Crippen LogP contribution >= 0.6 is 20.7 Å². The Kier molecular flexibility index (Phi) is 7.50. The van der Waals surface area contributed by atoms with E-state index in [2.05, 4.69) is 30.7 Å². The lowest BCUT2D eigenvalue weighted by molar-refractivity contribution is -0.137. The summed E-state index contributed by atoms with van der Waals surface area (Å²) in [7, 11) is 0. The van der Waals surface area contributed by atoms with E-state index in [9.17, 15) is 13.2 Å². The number of guanidine groups is 1. The third-order valence-corrected chi connectivity index (χ3v) is 7.34. The third-order valence-electron chi connectivity index (χ3n) is 4.78. The molecule has 1 saturated heterocycles. The zero-order chi connectivity index (χ0) is 23.3. The molecule has 2 aromatic rings. The van der Waals surface area contributed by atoms with Crippen LogP contribution in [0.15, 0.2) is 52.5 Å². The second kappa shape index (κ2) is 10.5. The predicted octanol–water partition coefficient (Wildman–Crippen LogP) is 4.32. The van der Waals surface area contributed by atoms with E-state index in [4.69, 9.17) is 4.99 Å². The molecular weight excluding hydrogens is 546 g/mol. The lowest BCUT2D eigenvalue weighted by Gasteiger charge is -2.27. The van der Waals surface area contributed by atoms with Gasteiger partial charge in [0.15, 0.2) is 5.82 Å². The van der Waals surface area contributed by atoms with Gasteiger partial charge in [0.2, 0.25) is 5.96 Å². The average molecular weight is 569 g/mol. The maximum atomic E-state index is 13.0. The molecule has 0 amide bonds. The van der Waals surface area contributed by atoms with Gasteiger partial charge in [-0.25, -0.2) is 4.99 Å². The quantitative estimate of drug-likeness (QED) is 0.469. The molecule has 1 aromatic heterocycles. The highest BCUT2D eigenvalue weighted by molar-refractivity contribution is 14.2. The van der Waals surface area contributed by atoms with Crippen LogP contribution in [0.5, 0.6) is 0 Å². The number of halogens is 4. The summed E-state index contributed by atoms with van der Waals surface area (Å²) in [6.45, 7) is 5.38. The predicted molar refractivity (Wildman–Crippen MR) is 136 cm³/mol. The van der Waals surface area contributed by atoms with Crippen molar-refractivity contribution in [1.29, 1.82) is 0 Å². The summed E-state index contributed by atoms with van der Waals surface area (Å²) in [5.41, 5.74) is 0.654. The summed E-state index contributed by atoms with van der Waals surface area (Å²) >= 11 is -0.687. The SMILES string of the molecule is C/C=C/c1cc(NC2=NC(N3CCNCC3)=IC(/C=C/c3cccc(C(F)(F)F)c3)=N2)n[nH]1. The molecule has 2 aliphatic rings. The van der Waals surface area contributed by atoms with E-state index in [1.807, 2.05) is 25.1 Å². The summed E-state index contributed by atoms with van der Waals surface area (Å²) in [6.07, 6.45) is 2.89. The number of H-pyrrole nitrogens is 1. The first-order valence-corrected chi connectivity index (χ1v) is 12.5. The van der Waals surface area contributed by atoms with Gasteiger partial charge in [-0.3, -0.25) is 10.00 Å². The Balaban J connectivity index is 1.59. The fourth-order valence-electron chi connectivity index (χ4n) is 3.21. The minimum Gasteiger partial charge on any atom is -0.314 e. The van der Waals surface area contributed by atoms with E-state index in [0.717, 1.165) is 51.5 Å². The summed E-state index contributed by atoms with van der Waals surface area (Å²) in [4.78, 5) is 11.6. The van der Waals surface area contributed by atoms with Crippen molar-refractivity contribution in [3.8, 4) is 0 Å². The van der Waals surface area contributed by atoms with Crippen molar-refractivity contribution >= 4 is 52.1 Å². The Morgan fingerprint density at radius 1 is 1.09 bits per heavy atom. The molecule has 0 atom stereocenters. The molecule has 1 fully saturated rings. The van der Waals surface area contributed by atoms with Crippen molar-refractivity contribution < 1.29 is 13.2 Å². The number of nitrogens with zero attached hydrogens (tertiary/aromatic N) is 4. The number of nitrogens with one attached hydrogen (secondary N) is 3. The second-order valence-electron chi connectivity index (χ2n) is 7.26. The van der Waals surface area contributed by atoms with Crippen LogP contribution in [0.2, 0.25) is 0 Å². The summed E-state index contributed by atoms with van der Waals surface area (Å²) in [5.74, 6) is 1.00.